The van der Waals surface area contributed by atoms with Gasteiger partial charge in [0.15, 0.2) is 0 Å². The van der Waals surface area contributed by atoms with Gasteiger partial charge in [-0.3, -0.25) is 0 Å². The van der Waals surface area contributed by atoms with Crippen LogP contribution in [-0.2, 0) is 6.54 Å². The van der Waals surface area contributed by atoms with Crippen LogP contribution in [0.15, 0.2) is 79.3 Å². The minimum absolute atomic E-state index is 0. The molecule has 2 aromatic carbocycles. The van der Waals surface area contributed by atoms with Crippen molar-refractivity contribution in [2.45, 2.75) is 6.54 Å². The van der Waals surface area contributed by atoms with Gasteiger partial charge in [0.05, 0.1) is 18.3 Å². The lowest BCUT2D eigenvalue weighted by molar-refractivity contribution is 0.262. The summed E-state index contributed by atoms with van der Waals surface area (Å²) >= 11 is 0. The molecule has 0 unspecified atom stereocenters. The average Bonchev–Trinajstić information content (AvgIpc) is 3.43. The maximum absolute atomic E-state index is 12.5. The highest BCUT2D eigenvalue weighted by Crippen LogP contribution is 2.27. The van der Waals surface area contributed by atoms with Crippen LogP contribution in [0.2, 0.25) is 0 Å². The molecule has 0 aliphatic carbocycles. The number of methoxy groups -OCH3 is 1. The minimum Gasteiger partial charge on any atom is -0.497 e. The van der Waals surface area contributed by atoms with Crippen LogP contribution in [0.4, 0.5) is 16.2 Å². The smallest absolute Gasteiger partial charge is 0.323 e. The number of H-pyrrole nitrogens is 1. The summed E-state index contributed by atoms with van der Waals surface area (Å²) in [5.41, 5.74) is 4.55. The van der Waals surface area contributed by atoms with Crippen molar-refractivity contribution in [2.24, 2.45) is 0 Å². The summed E-state index contributed by atoms with van der Waals surface area (Å²) in [7, 11) is 1.61. The number of rotatable bonds is 5. The lowest BCUT2D eigenvalue weighted by Crippen LogP contribution is -2.19. The van der Waals surface area contributed by atoms with E-state index in [4.69, 9.17) is 4.74 Å². The highest BCUT2D eigenvalue weighted by atomic mass is 35.5. The second-order valence-corrected chi connectivity index (χ2v) is 7.20. The highest BCUT2D eigenvalue weighted by Gasteiger charge is 2.11. The number of nitrogens with one attached hydrogen (secondary N) is 3. The first-order valence-electron chi connectivity index (χ1n) is 9.92. The highest BCUT2D eigenvalue weighted by molar-refractivity contribution is 6.05. The molecule has 0 aliphatic heterocycles. The Hall–Kier alpha value is -3.97. The zero-order chi connectivity index (χ0) is 21.2. The molecule has 5 rings (SSSR count). The molecular formula is C24H22ClN5O2. The number of nitrogens with zero attached hydrogens (tertiary/aromatic N) is 2. The number of anilines is 2. The number of benzene rings is 2. The lowest BCUT2D eigenvalue weighted by Gasteiger charge is -2.11. The number of amides is 2. The summed E-state index contributed by atoms with van der Waals surface area (Å²) in [6.07, 6.45) is 5.75. The number of aromatic nitrogens is 3. The van der Waals surface area contributed by atoms with E-state index in [9.17, 15) is 4.79 Å². The average molecular weight is 448 g/mol. The molecule has 0 spiro atoms. The number of carbonyl (C=O) groups is 1. The molecule has 7 nitrogen and oxygen atoms in total. The van der Waals surface area contributed by atoms with Crippen molar-refractivity contribution in [2.75, 3.05) is 17.7 Å². The maximum atomic E-state index is 12.5. The molecule has 2 amide bonds. The fourth-order valence-electron chi connectivity index (χ4n) is 3.77. The van der Waals surface area contributed by atoms with Gasteiger partial charge in [-0.25, -0.2) is 9.78 Å². The Balaban J connectivity index is 0.00000245. The van der Waals surface area contributed by atoms with Crippen LogP contribution in [-0.4, -0.2) is 27.7 Å². The first-order valence-corrected chi connectivity index (χ1v) is 9.92. The van der Waals surface area contributed by atoms with Crippen molar-refractivity contribution < 1.29 is 9.53 Å². The van der Waals surface area contributed by atoms with Crippen LogP contribution in [0.1, 0.15) is 5.56 Å². The lowest BCUT2D eigenvalue weighted by atomic mass is 10.2. The fourth-order valence-corrected chi connectivity index (χ4v) is 3.77. The molecule has 5 aromatic rings. The number of carbonyl (C=O) groups excluding carboxylic acids is 1. The largest absolute Gasteiger partial charge is 0.497 e. The van der Waals surface area contributed by atoms with Gasteiger partial charge in [0.1, 0.15) is 11.4 Å². The molecule has 3 heterocycles. The predicted molar refractivity (Wildman–Crippen MR) is 130 cm³/mol. The van der Waals surface area contributed by atoms with Gasteiger partial charge in [-0.15, -0.1) is 12.4 Å². The van der Waals surface area contributed by atoms with Gasteiger partial charge in [0.2, 0.25) is 0 Å². The maximum Gasteiger partial charge on any atom is 0.323 e. The number of fused-ring (bicyclic) bond motifs is 2. The van der Waals surface area contributed by atoms with E-state index in [0.717, 1.165) is 33.4 Å². The van der Waals surface area contributed by atoms with E-state index in [1.807, 2.05) is 48.9 Å². The zero-order valence-electron chi connectivity index (χ0n) is 17.3. The van der Waals surface area contributed by atoms with Crippen molar-refractivity contribution in [3.63, 3.8) is 0 Å². The van der Waals surface area contributed by atoms with Crippen LogP contribution >= 0.6 is 12.4 Å². The molecule has 3 N–H and O–H groups in total. The molecular weight excluding hydrogens is 426 g/mol. The molecule has 0 aliphatic rings. The first kappa shape index (κ1) is 21.3. The van der Waals surface area contributed by atoms with Gasteiger partial charge >= 0.3 is 6.03 Å². The summed E-state index contributed by atoms with van der Waals surface area (Å²) < 4.78 is 7.32. The predicted octanol–water partition coefficient (Wildman–Crippen LogP) is 5.64. The number of urea groups is 1. The third kappa shape index (κ3) is 4.10. The standard InChI is InChI=1S/C24H21N5O2.ClH/c1-31-18-7-5-17(6-8-18)27-24(30)28-21-3-2-4-22-20(21)11-14-29(22)15-16-9-12-25-23-19(16)10-13-26-23;/h2-14H,15H2,1H3,(H,25,26)(H2,27,28,30);1H. The van der Waals surface area contributed by atoms with E-state index in [2.05, 4.69) is 31.2 Å². The Morgan fingerprint density at radius 2 is 1.88 bits per heavy atom. The zero-order valence-corrected chi connectivity index (χ0v) is 18.1. The third-order valence-corrected chi connectivity index (χ3v) is 5.30. The second kappa shape index (κ2) is 9.03. The summed E-state index contributed by atoms with van der Waals surface area (Å²) in [6.45, 7) is 0.710. The van der Waals surface area contributed by atoms with Gasteiger partial charge in [0, 0.05) is 41.6 Å². The topological polar surface area (TPSA) is 84.0 Å². The van der Waals surface area contributed by atoms with E-state index in [1.165, 1.54) is 5.56 Å². The van der Waals surface area contributed by atoms with Gasteiger partial charge in [0.25, 0.3) is 0 Å². The Morgan fingerprint density at radius 3 is 2.69 bits per heavy atom. The third-order valence-electron chi connectivity index (χ3n) is 5.30. The van der Waals surface area contributed by atoms with Crippen molar-refractivity contribution in [1.82, 2.24) is 14.5 Å². The fraction of sp³-hybridized carbons (Fsp3) is 0.0833. The molecule has 0 atom stereocenters. The Kier molecular flexibility index (Phi) is 6.00. The van der Waals surface area contributed by atoms with Crippen LogP contribution < -0.4 is 15.4 Å². The van der Waals surface area contributed by atoms with Crippen molar-refractivity contribution in [3.8, 4) is 5.75 Å². The minimum atomic E-state index is -0.298. The molecule has 0 bridgehead atoms. The summed E-state index contributed by atoms with van der Waals surface area (Å²) in [6, 6.07) is 18.9. The van der Waals surface area contributed by atoms with E-state index in [0.29, 0.717) is 12.2 Å². The van der Waals surface area contributed by atoms with Crippen LogP contribution in [0.3, 0.4) is 0 Å². The second-order valence-electron chi connectivity index (χ2n) is 7.20. The van der Waals surface area contributed by atoms with Crippen LogP contribution in [0.25, 0.3) is 21.9 Å². The monoisotopic (exact) mass is 447 g/mol. The van der Waals surface area contributed by atoms with Gasteiger partial charge in [-0.2, -0.15) is 0 Å². The van der Waals surface area contributed by atoms with E-state index in [1.54, 1.807) is 31.4 Å². The Morgan fingerprint density at radius 1 is 1.03 bits per heavy atom. The number of hydrogen-bond donors (Lipinski definition) is 3. The van der Waals surface area contributed by atoms with Crippen LogP contribution in [0.5, 0.6) is 5.75 Å². The molecule has 8 heteroatoms. The normalized spacial score (nSPS) is 10.7. The number of halogens is 1. The van der Waals surface area contributed by atoms with Crippen molar-refractivity contribution >= 4 is 51.7 Å². The molecule has 0 fully saturated rings. The summed E-state index contributed by atoms with van der Waals surface area (Å²) in [4.78, 5) is 20.0. The van der Waals surface area contributed by atoms with Gasteiger partial charge < -0.3 is 24.9 Å². The molecule has 0 radical (unpaired) electrons. The Labute approximate surface area is 190 Å². The first-order chi connectivity index (χ1) is 15.2. The van der Waals surface area contributed by atoms with Gasteiger partial charge in [-0.1, -0.05) is 6.07 Å². The van der Waals surface area contributed by atoms with Crippen molar-refractivity contribution in [3.05, 3.63) is 84.8 Å². The number of ether oxygens (including phenoxy) is 1. The molecule has 32 heavy (non-hydrogen) atoms. The summed E-state index contributed by atoms with van der Waals surface area (Å²) in [5, 5.41) is 7.89. The molecule has 162 valence electrons. The van der Waals surface area contributed by atoms with Gasteiger partial charge in [-0.05, 0) is 60.2 Å². The van der Waals surface area contributed by atoms with E-state index in [-0.39, 0.29) is 18.4 Å². The van der Waals surface area contributed by atoms with Crippen molar-refractivity contribution in [1.29, 1.82) is 0 Å². The molecule has 0 saturated heterocycles. The van der Waals surface area contributed by atoms with E-state index < -0.39 is 0 Å². The molecule has 3 aromatic heterocycles. The SMILES string of the molecule is COc1ccc(NC(=O)Nc2cccc3c2ccn3Cc2ccnc3[nH]ccc23)cc1.Cl. The summed E-state index contributed by atoms with van der Waals surface area (Å²) in [5.74, 6) is 0.739. The Bertz CT molecular complexity index is 1370. The number of pyridine rings is 1. The molecule has 0 saturated carbocycles. The number of hydrogen-bond acceptors (Lipinski definition) is 3. The number of aromatic amines is 1. The van der Waals surface area contributed by atoms with E-state index >= 15 is 0 Å². The quantitative estimate of drug-likeness (QED) is 0.326. The van der Waals surface area contributed by atoms with Crippen LogP contribution in [0, 0.1) is 0 Å².